The normalized spacial score (nSPS) is 26.6. The molecule has 2 unspecified atom stereocenters. The number of nitrogens with one attached hydrogen (secondary N) is 1. The van der Waals surface area contributed by atoms with Crippen molar-refractivity contribution in [3.05, 3.63) is 35.9 Å². The molecule has 78 valence electrons. The third kappa shape index (κ3) is 2.46. The Kier molecular flexibility index (Phi) is 4.36. The van der Waals surface area contributed by atoms with Crippen LogP contribution in [0.1, 0.15) is 17.9 Å². The van der Waals surface area contributed by atoms with Crippen molar-refractivity contribution in [2.45, 2.75) is 18.5 Å². The number of hydrogen-bond acceptors (Lipinski definition) is 1. The smallest absolute Gasteiger partial charge is 0.119 e. The van der Waals surface area contributed by atoms with Gasteiger partial charge in [-0.3, -0.25) is 0 Å². The second kappa shape index (κ2) is 5.32. The zero-order valence-corrected chi connectivity index (χ0v) is 8.77. The SMILES string of the molecule is Cl.FC1CNCCC1c1ccccc1. The van der Waals surface area contributed by atoms with E-state index in [2.05, 4.69) is 5.32 Å². The van der Waals surface area contributed by atoms with Gasteiger partial charge in [0.1, 0.15) is 6.17 Å². The van der Waals surface area contributed by atoms with E-state index in [1.165, 1.54) is 0 Å². The first-order chi connectivity index (χ1) is 6.38. The number of hydrogen-bond donors (Lipinski definition) is 1. The van der Waals surface area contributed by atoms with Gasteiger partial charge in [0, 0.05) is 12.5 Å². The lowest BCUT2D eigenvalue weighted by molar-refractivity contribution is 0.231. The fraction of sp³-hybridized carbons (Fsp3) is 0.455. The average Bonchev–Trinajstić information content (AvgIpc) is 2.20. The molecule has 1 aliphatic rings. The summed E-state index contributed by atoms with van der Waals surface area (Å²) in [5.74, 6) is 0.0995. The van der Waals surface area contributed by atoms with Gasteiger partial charge in [0.25, 0.3) is 0 Å². The Morgan fingerprint density at radius 1 is 1.21 bits per heavy atom. The highest BCUT2D eigenvalue weighted by Gasteiger charge is 2.25. The van der Waals surface area contributed by atoms with Gasteiger partial charge < -0.3 is 5.32 Å². The average molecular weight is 216 g/mol. The standard InChI is InChI=1S/C11H14FN.ClH/c12-11-8-13-7-6-10(11)9-4-2-1-3-5-9;/h1-5,10-11,13H,6-8H2;1H. The number of rotatable bonds is 1. The molecule has 1 nitrogen and oxygen atoms in total. The molecule has 2 atom stereocenters. The van der Waals surface area contributed by atoms with Crippen molar-refractivity contribution < 1.29 is 4.39 Å². The van der Waals surface area contributed by atoms with E-state index < -0.39 is 6.17 Å². The van der Waals surface area contributed by atoms with E-state index in [0.29, 0.717) is 6.54 Å². The molecule has 1 aromatic carbocycles. The Morgan fingerprint density at radius 2 is 1.93 bits per heavy atom. The second-order valence-corrected chi connectivity index (χ2v) is 3.53. The largest absolute Gasteiger partial charge is 0.314 e. The van der Waals surface area contributed by atoms with E-state index in [1.807, 2.05) is 30.3 Å². The molecule has 1 fully saturated rings. The maximum absolute atomic E-state index is 13.5. The van der Waals surface area contributed by atoms with Crippen molar-refractivity contribution in [1.29, 1.82) is 0 Å². The third-order valence-corrected chi connectivity index (χ3v) is 2.64. The van der Waals surface area contributed by atoms with Crippen LogP contribution >= 0.6 is 12.4 Å². The van der Waals surface area contributed by atoms with Crippen LogP contribution in [0.2, 0.25) is 0 Å². The van der Waals surface area contributed by atoms with Crippen LogP contribution in [0.15, 0.2) is 30.3 Å². The predicted molar refractivity (Wildman–Crippen MR) is 58.8 cm³/mol. The molecule has 1 heterocycles. The van der Waals surface area contributed by atoms with Gasteiger partial charge in [0.05, 0.1) is 0 Å². The van der Waals surface area contributed by atoms with Crippen molar-refractivity contribution >= 4 is 12.4 Å². The zero-order valence-electron chi connectivity index (χ0n) is 7.95. The van der Waals surface area contributed by atoms with E-state index in [1.54, 1.807) is 0 Å². The van der Waals surface area contributed by atoms with Crippen LogP contribution in [0.4, 0.5) is 4.39 Å². The molecular formula is C11H15ClFN. The Labute approximate surface area is 90.1 Å². The minimum absolute atomic E-state index is 0. The summed E-state index contributed by atoms with van der Waals surface area (Å²) in [6, 6.07) is 9.96. The van der Waals surface area contributed by atoms with Crippen LogP contribution < -0.4 is 5.32 Å². The Hall–Kier alpha value is -0.600. The Balaban J connectivity index is 0.000000980. The van der Waals surface area contributed by atoms with E-state index in [0.717, 1.165) is 18.5 Å². The third-order valence-electron chi connectivity index (χ3n) is 2.64. The molecule has 0 aliphatic carbocycles. The topological polar surface area (TPSA) is 12.0 Å². The summed E-state index contributed by atoms with van der Waals surface area (Å²) < 4.78 is 13.5. The summed E-state index contributed by atoms with van der Waals surface area (Å²) in [5.41, 5.74) is 1.14. The van der Waals surface area contributed by atoms with Crippen molar-refractivity contribution in [3.63, 3.8) is 0 Å². The van der Waals surface area contributed by atoms with Crippen LogP contribution in [0.3, 0.4) is 0 Å². The van der Waals surface area contributed by atoms with E-state index >= 15 is 0 Å². The molecule has 0 amide bonds. The summed E-state index contributed by atoms with van der Waals surface area (Å²) in [7, 11) is 0. The van der Waals surface area contributed by atoms with Gasteiger partial charge in [-0.05, 0) is 18.5 Å². The van der Waals surface area contributed by atoms with E-state index in [9.17, 15) is 4.39 Å². The van der Waals surface area contributed by atoms with Gasteiger partial charge in [-0.25, -0.2) is 4.39 Å². The lowest BCUT2D eigenvalue weighted by Gasteiger charge is -2.26. The first-order valence-electron chi connectivity index (χ1n) is 4.77. The Bertz CT molecular complexity index is 265. The van der Waals surface area contributed by atoms with Crippen molar-refractivity contribution in [1.82, 2.24) is 5.32 Å². The highest BCUT2D eigenvalue weighted by atomic mass is 35.5. The maximum atomic E-state index is 13.5. The molecule has 3 heteroatoms. The minimum Gasteiger partial charge on any atom is -0.314 e. The zero-order chi connectivity index (χ0) is 9.10. The van der Waals surface area contributed by atoms with Gasteiger partial charge in [0.15, 0.2) is 0 Å². The lowest BCUT2D eigenvalue weighted by Crippen LogP contribution is -2.36. The molecule has 0 bridgehead atoms. The Morgan fingerprint density at radius 3 is 2.57 bits per heavy atom. The van der Waals surface area contributed by atoms with Crippen molar-refractivity contribution in [2.24, 2.45) is 0 Å². The summed E-state index contributed by atoms with van der Waals surface area (Å²) >= 11 is 0. The van der Waals surface area contributed by atoms with Crippen molar-refractivity contribution in [2.75, 3.05) is 13.1 Å². The number of halogens is 2. The molecule has 2 rings (SSSR count). The number of alkyl halides is 1. The molecule has 1 N–H and O–H groups in total. The van der Waals surface area contributed by atoms with E-state index in [4.69, 9.17) is 0 Å². The first-order valence-corrected chi connectivity index (χ1v) is 4.77. The molecule has 1 aliphatic heterocycles. The van der Waals surface area contributed by atoms with E-state index in [-0.39, 0.29) is 18.3 Å². The van der Waals surface area contributed by atoms with Crippen LogP contribution in [-0.2, 0) is 0 Å². The monoisotopic (exact) mass is 215 g/mol. The van der Waals surface area contributed by atoms with Crippen LogP contribution in [-0.4, -0.2) is 19.3 Å². The van der Waals surface area contributed by atoms with Crippen molar-refractivity contribution in [3.8, 4) is 0 Å². The highest BCUT2D eigenvalue weighted by Crippen LogP contribution is 2.27. The van der Waals surface area contributed by atoms with Gasteiger partial charge >= 0.3 is 0 Å². The fourth-order valence-electron chi connectivity index (χ4n) is 1.90. The van der Waals surface area contributed by atoms with Gasteiger partial charge in [-0.1, -0.05) is 30.3 Å². The van der Waals surface area contributed by atoms with Gasteiger partial charge in [-0.2, -0.15) is 0 Å². The summed E-state index contributed by atoms with van der Waals surface area (Å²) in [6.07, 6.45) is 0.182. The molecule has 14 heavy (non-hydrogen) atoms. The minimum atomic E-state index is -0.726. The quantitative estimate of drug-likeness (QED) is 0.759. The molecular weight excluding hydrogens is 201 g/mol. The summed E-state index contributed by atoms with van der Waals surface area (Å²) in [6.45, 7) is 1.43. The fourth-order valence-corrected chi connectivity index (χ4v) is 1.90. The molecule has 0 aromatic heterocycles. The first kappa shape index (κ1) is 11.5. The highest BCUT2D eigenvalue weighted by molar-refractivity contribution is 5.85. The summed E-state index contributed by atoms with van der Waals surface area (Å²) in [5, 5.41) is 3.06. The maximum Gasteiger partial charge on any atom is 0.119 e. The second-order valence-electron chi connectivity index (χ2n) is 3.53. The molecule has 0 saturated carbocycles. The summed E-state index contributed by atoms with van der Waals surface area (Å²) in [4.78, 5) is 0. The van der Waals surface area contributed by atoms with Crippen LogP contribution in [0.5, 0.6) is 0 Å². The van der Waals surface area contributed by atoms with Gasteiger partial charge in [-0.15, -0.1) is 12.4 Å². The molecule has 1 saturated heterocycles. The molecule has 1 aromatic rings. The lowest BCUT2D eigenvalue weighted by atomic mass is 9.89. The van der Waals surface area contributed by atoms with Crippen LogP contribution in [0.25, 0.3) is 0 Å². The molecule has 0 spiro atoms. The predicted octanol–water partition coefficient (Wildman–Crippen LogP) is 2.52. The van der Waals surface area contributed by atoms with Crippen LogP contribution in [0, 0.1) is 0 Å². The number of piperidine rings is 1. The molecule has 0 radical (unpaired) electrons. The van der Waals surface area contributed by atoms with Gasteiger partial charge in [0.2, 0.25) is 0 Å². The number of benzene rings is 1.